The quantitative estimate of drug-likeness (QED) is 0.894. The zero-order valence-electron chi connectivity index (χ0n) is 11.4. The molecule has 1 aliphatic heterocycles. The molecule has 0 saturated heterocycles. The molecule has 1 aliphatic rings. The van der Waals surface area contributed by atoms with Crippen molar-refractivity contribution in [2.75, 3.05) is 24.3 Å². The Morgan fingerprint density at radius 3 is 3.05 bits per heavy atom. The molecule has 1 heterocycles. The Hall–Kier alpha value is -1.87. The zero-order valence-corrected chi connectivity index (χ0v) is 12.1. The van der Waals surface area contributed by atoms with Gasteiger partial charge in [0.2, 0.25) is 0 Å². The summed E-state index contributed by atoms with van der Waals surface area (Å²) in [7, 11) is 1.66. The van der Waals surface area contributed by atoms with Crippen molar-refractivity contribution in [3.63, 3.8) is 0 Å². The van der Waals surface area contributed by atoms with Gasteiger partial charge in [-0.15, -0.1) is 0 Å². The van der Waals surface area contributed by atoms with Gasteiger partial charge in [0.05, 0.1) is 12.8 Å². The first kappa shape index (κ1) is 13.1. The summed E-state index contributed by atoms with van der Waals surface area (Å²) in [5, 5.41) is 7.55. The van der Waals surface area contributed by atoms with E-state index in [2.05, 4.69) is 28.8 Å². The van der Waals surface area contributed by atoms with Crippen LogP contribution in [0.2, 0.25) is 5.02 Å². The Kier molecular flexibility index (Phi) is 3.70. The van der Waals surface area contributed by atoms with Gasteiger partial charge in [-0.05, 0) is 35.7 Å². The molecule has 0 fully saturated rings. The molecule has 0 unspecified atom stereocenters. The van der Waals surface area contributed by atoms with Crippen LogP contribution in [0.25, 0.3) is 0 Å². The molecule has 20 heavy (non-hydrogen) atoms. The van der Waals surface area contributed by atoms with Gasteiger partial charge in [0.25, 0.3) is 0 Å². The second-order valence-corrected chi connectivity index (χ2v) is 5.26. The summed E-state index contributed by atoms with van der Waals surface area (Å²) >= 11 is 6.04. The van der Waals surface area contributed by atoms with E-state index in [-0.39, 0.29) is 0 Å². The molecule has 0 aromatic heterocycles. The predicted molar refractivity (Wildman–Crippen MR) is 84.0 cm³/mol. The van der Waals surface area contributed by atoms with Crippen molar-refractivity contribution < 1.29 is 4.74 Å². The van der Waals surface area contributed by atoms with Crippen molar-refractivity contribution in [1.29, 1.82) is 0 Å². The highest BCUT2D eigenvalue weighted by Crippen LogP contribution is 2.30. The van der Waals surface area contributed by atoms with E-state index in [0.29, 0.717) is 5.02 Å². The first-order valence-electron chi connectivity index (χ1n) is 6.70. The van der Waals surface area contributed by atoms with Crippen molar-refractivity contribution in [1.82, 2.24) is 0 Å². The molecular weight excluding hydrogens is 272 g/mol. The van der Waals surface area contributed by atoms with Crippen LogP contribution in [0.15, 0.2) is 36.4 Å². The van der Waals surface area contributed by atoms with Crippen LogP contribution in [0.1, 0.15) is 11.1 Å². The van der Waals surface area contributed by atoms with Gasteiger partial charge in [-0.3, -0.25) is 0 Å². The number of nitrogens with one attached hydrogen (secondary N) is 2. The number of anilines is 2. The highest BCUT2D eigenvalue weighted by atomic mass is 35.5. The lowest BCUT2D eigenvalue weighted by Crippen LogP contribution is -2.04. The van der Waals surface area contributed by atoms with Crippen LogP contribution in [-0.4, -0.2) is 13.7 Å². The first-order valence-corrected chi connectivity index (χ1v) is 7.08. The van der Waals surface area contributed by atoms with Crippen LogP contribution in [0.4, 0.5) is 11.4 Å². The second kappa shape index (κ2) is 5.63. The fourth-order valence-electron chi connectivity index (χ4n) is 2.57. The first-order chi connectivity index (χ1) is 9.78. The van der Waals surface area contributed by atoms with Gasteiger partial charge >= 0.3 is 0 Å². The highest BCUT2D eigenvalue weighted by Gasteiger charge is 2.13. The van der Waals surface area contributed by atoms with E-state index >= 15 is 0 Å². The summed E-state index contributed by atoms with van der Waals surface area (Å²) in [5.41, 5.74) is 4.83. The van der Waals surface area contributed by atoms with Crippen LogP contribution >= 0.6 is 11.6 Å². The van der Waals surface area contributed by atoms with Crippen molar-refractivity contribution in [3.05, 3.63) is 52.5 Å². The number of benzene rings is 2. The van der Waals surface area contributed by atoms with E-state index in [1.54, 1.807) is 7.11 Å². The number of methoxy groups -OCH3 is 1. The number of para-hydroxylation sites is 1. The smallest absolute Gasteiger partial charge is 0.142 e. The third kappa shape index (κ3) is 2.54. The summed E-state index contributed by atoms with van der Waals surface area (Å²) in [6.45, 7) is 1.76. The average Bonchev–Trinajstić information content (AvgIpc) is 2.94. The molecular formula is C16H17ClN2O. The van der Waals surface area contributed by atoms with Crippen LogP contribution in [-0.2, 0) is 13.0 Å². The largest absolute Gasteiger partial charge is 0.495 e. The molecule has 0 atom stereocenters. The molecule has 0 aliphatic carbocycles. The minimum atomic E-state index is 0.699. The molecule has 2 N–H and O–H groups in total. The van der Waals surface area contributed by atoms with Crippen LogP contribution in [0.5, 0.6) is 5.75 Å². The Morgan fingerprint density at radius 2 is 2.20 bits per heavy atom. The Balaban J connectivity index is 1.80. The Bertz CT molecular complexity index is 626. The van der Waals surface area contributed by atoms with Crippen molar-refractivity contribution in [2.45, 2.75) is 13.0 Å². The highest BCUT2D eigenvalue weighted by molar-refractivity contribution is 6.30. The van der Waals surface area contributed by atoms with Crippen LogP contribution in [0.3, 0.4) is 0 Å². The SMILES string of the molecule is COc1ccc(Cl)cc1NCc1cccc2c1NCC2. The van der Waals surface area contributed by atoms with Gasteiger partial charge < -0.3 is 15.4 Å². The van der Waals surface area contributed by atoms with E-state index in [4.69, 9.17) is 16.3 Å². The van der Waals surface area contributed by atoms with Gasteiger partial charge in [0, 0.05) is 23.8 Å². The molecule has 0 spiro atoms. The number of hydrogen-bond acceptors (Lipinski definition) is 3. The lowest BCUT2D eigenvalue weighted by Gasteiger charge is -2.14. The number of ether oxygens (including phenoxy) is 1. The predicted octanol–water partition coefficient (Wildman–Crippen LogP) is 3.93. The second-order valence-electron chi connectivity index (χ2n) is 4.83. The molecule has 0 radical (unpaired) electrons. The van der Waals surface area contributed by atoms with Crippen LogP contribution in [0, 0.1) is 0 Å². The number of rotatable bonds is 4. The monoisotopic (exact) mass is 288 g/mol. The lowest BCUT2D eigenvalue weighted by atomic mass is 10.1. The third-order valence-electron chi connectivity index (χ3n) is 3.56. The fourth-order valence-corrected chi connectivity index (χ4v) is 2.74. The fraction of sp³-hybridized carbons (Fsp3) is 0.250. The molecule has 3 rings (SSSR count). The molecule has 0 saturated carbocycles. The van der Waals surface area contributed by atoms with Gasteiger partial charge in [0.15, 0.2) is 0 Å². The van der Waals surface area contributed by atoms with Crippen LogP contribution < -0.4 is 15.4 Å². The van der Waals surface area contributed by atoms with Gasteiger partial charge in [-0.2, -0.15) is 0 Å². The summed E-state index contributed by atoms with van der Waals surface area (Å²) in [5.74, 6) is 0.801. The summed E-state index contributed by atoms with van der Waals surface area (Å²) < 4.78 is 5.34. The van der Waals surface area contributed by atoms with Gasteiger partial charge in [-0.1, -0.05) is 29.8 Å². The minimum absolute atomic E-state index is 0.699. The van der Waals surface area contributed by atoms with E-state index < -0.39 is 0 Å². The van der Waals surface area contributed by atoms with Crippen molar-refractivity contribution >= 4 is 23.0 Å². The average molecular weight is 289 g/mol. The van der Waals surface area contributed by atoms with E-state index in [0.717, 1.165) is 30.9 Å². The normalized spacial score (nSPS) is 12.7. The zero-order chi connectivity index (χ0) is 13.9. The standard InChI is InChI=1S/C16H17ClN2O/c1-20-15-6-5-13(17)9-14(15)19-10-12-4-2-3-11-7-8-18-16(11)12/h2-6,9,18-19H,7-8,10H2,1H3. The molecule has 0 amide bonds. The molecule has 2 aromatic rings. The van der Waals surface area contributed by atoms with Crippen molar-refractivity contribution in [3.8, 4) is 5.75 Å². The maximum atomic E-state index is 6.04. The number of hydrogen-bond donors (Lipinski definition) is 2. The number of fused-ring (bicyclic) bond motifs is 1. The van der Waals surface area contributed by atoms with E-state index in [1.807, 2.05) is 18.2 Å². The third-order valence-corrected chi connectivity index (χ3v) is 3.80. The summed E-state index contributed by atoms with van der Waals surface area (Å²) in [6, 6.07) is 12.0. The van der Waals surface area contributed by atoms with Crippen molar-refractivity contribution in [2.24, 2.45) is 0 Å². The molecule has 3 nitrogen and oxygen atoms in total. The summed E-state index contributed by atoms with van der Waals surface area (Å²) in [6.07, 6.45) is 1.10. The maximum Gasteiger partial charge on any atom is 0.142 e. The molecule has 0 bridgehead atoms. The van der Waals surface area contributed by atoms with Gasteiger partial charge in [0.1, 0.15) is 5.75 Å². The van der Waals surface area contributed by atoms with E-state index in [1.165, 1.54) is 16.8 Å². The Morgan fingerprint density at radius 1 is 1.30 bits per heavy atom. The molecule has 104 valence electrons. The minimum Gasteiger partial charge on any atom is -0.495 e. The van der Waals surface area contributed by atoms with E-state index in [9.17, 15) is 0 Å². The number of halogens is 1. The molecule has 2 aromatic carbocycles. The maximum absolute atomic E-state index is 6.04. The molecule has 4 heteroatoms. The van der Waals surface area contributed by atoms with Gasteiger partial charge in [-0.25, -0.2) is 0 Å². The topological polar surface area (TPSA) is 33.3 Å². The lowest BCUT2D eigenvalue weighted by molar-refractivity contribution is 0.416. The summed E-state index contributed by atoms with van der Waals surface area (Å²) in [4.78, 5) is 0. The Labute approximate surface area is 123 Å².